The SMILES string of the molecule is COc1ccc(NC(=O)C(C)(C)C(=O)Nc2cccc(C)c2)c(OC)c1. The van der Waals surface area contributed by atoms with Crippen molar-refractivity contribution in [2.24, 2.45) is 5.41 Å². The standard InChI is InChI=1S/C20H24N2O4/c1-13-7-6-8-14(11-13)21-18(23)20(2,3)19(24)22-16-10-9-15(25-4)12-17(16)26-5/h6-12H,1-5H3,(H,21,23)(H,22,24). The van der Waals surface area contributed by atoms with Gasteiger partial charge in [-0.05, 0) is 50.6 Å². The molecule has 0 saturated heterocycles. The molecule has 138 valence electrons. The van der Waals surface area contributed by atoms with Gasteiger partial charge in [0.15, 0.2) is 0 Å². The van der Waals surface area contributed by atoms with E-state index in [-0.39, 0.29) is 0 Å². The third kappa shape index (κ3) is 4.33. The second-order valence-corrected chi connectivity index (χ2v) is 6.47. The number of methoxy groups -OCH3 is 2. The molecule has 2 rings (SSSR count). The Morgan fingerprint density at radius 3 is 2.23 bits per heavy atom. The molecule has 2 amide bonds. The zero-order valence-electron chi connectivity index (χ0n) is 15.7. The van der Waals surface area contributed by atoms with Crippen LogP contribution in [0.25, 0.3) is 0 Å². The quantitative estimate of drug-likeness (QED) is 0.775. The van der Waals surface area contributed by atoms with Crippen molar-refractivity contribution in [3.63, 3.8) is 0 Å². The number of amides is 2. The van der Waals surface area contributed by atoms with Crippen molar-refractivity contribution >= 4 is 23.2 Å². The summed E-state index contributed by atoms with van der Waals surface area (Å²) in [6.07, 6.45) is 0. The Labute approximate surface area is 153 Å². The molecule has 26 heavy (non-hydrogen) atoms. The lowest BCUT2D eigenvalue weighted by molar-refractivity contribution is -0.135. The number of carbonyl (C=O) groups is 2. The molecular formula is C20H24N2O4. The minimum Gasteiger partial charge on any atom is -0.497 e. The van der Waals surface area contributed by atoms with Crippen LogP contribution in [-0.4, -0.2) is 26.0 Å². The molecule has 0 atom stereocenters. The van der Waals surface area contributed by atoms with E-state index in [1.807, 2.05) is 25.1 Å². The Morgan fingerprint density at radius 1 is 0.923 bits per heavy atom. The maximum absolute atomic E-state index is 12.7. The predicted octanol–water partition coefficient (Wildman–Crippen LogP) is 3.62. The lowest BCUT2D eigenvalue weighted by Crippen LogP contribution is -2.41. The van der Waals surface area contributed by atoms with Gasteiger partial charge in [0.2, 0.25) is 11.8 Å². The van der Waals surface area contributed by atoms with Crippen molar-refractivity contribution in [3.05, 3.63) is 48.0 Å². The van der Waals surface area contributed by atoms with E-state index in [1.165, 1.54) is 7.11 Å². The number of benzene rings is 2. The first-order valence-corrected chi connectivity index (χ1v) is 8.19. The van der Waals surface area contributed by atoms with Gasteiger partial charge in [-0.15, -0.1) is 0 Å². The fourth-order valence-corrected chi connectivity index (χ4v) is 2.29. The van der Waals surface area contributed by atoms with Crippen molar-refractivity contribution in [1.29, 1.82) is 0 Å². The molecular weight excluding hydrogens is 332 g/mol. The van der Waals surface area contributed by atoms with Crippen molar-refractivity contribution in [1.82, 2.24) is 0 Å². The minimum atomic E-state index is -1.28. The molecule has 0 aliphatic rings. The highest BCUT2D eigenvalue weighted by molar-refractivity contribution is 6.14. The molecule has 0 saturated carbocycles. The first kappa shape index (κ1) is 19.3. The summed E-state index contributed by atoms with van der Waals surface area (Å²) < 4.78 is 10.4. The van der Waals surface area contributed by atoms with Crippen LogP contribution in [0.3, 0.4) is 0 Å². The highest BCUT2D eigenvalue weighted by Crippen LogP contribution is 2.31. The Morgan fingerprint density at radius 2 is 1.62 bits per heavy atom. The highest BCUT2D eigenvalue weighted by atomic mass is 16.5. The summed E-state index contributed by atoms with van der Waals surface area (Å²) in [6.45, 7) is 5.08. The maximum Gasteiger partial charge on any atom is 0.239 e. The normalized spacial score (nSPS) is 10.8. The Kier molecular flexibility index (Phi) is 5.87. The van der Waals surface area contributed by atoms with E-state index in [4.69, 9.17) is 9.47 Å². The lowest BCUT2D eigenvalue weighted by atomic mass is 9.90. The van der Waals surface area contributed by atoms with E-state index < -0.39 is 17.2 Å². The molecule has 0 unspecified atom stereocenters. The first-order chi connectivity index (χ1) is 12.3. The third-order valence-electron chi connectivity index (χ3n) is 4.07. The van der Waals surface area contributed by atoms with Gasteiger partial charge in [0.1, 0.15) is 16.9 Å². The second-order valence-electron chi connectivity index (χ2n) is 6.47. The van der Waals surface area contributed by atoms with Gasteiger partial charge < -0.3 is 20.1 Å². The summed E-state index contributed by atoms with van der Waals surface area (Å²) in [5.41, 5.74) is 0.856. The van der Waals surface area contributed by atoms with Gasteiger partial charge in [-0.25, -0.2) is 0 Å². The number of aryl methyl sites for hydroxylation is 1. The molecule has 6 nitrogen and oxygen atoms in total. The summed E-state index contributed by atoms with van der Waals surface area (Å²) in [7, 11) is 3.05. The predicted molar refractivity (Wildman–Crippen MR) is 102 cm³/mol. The fraction of sp³-hybridized carbons (Fsp3) is 0.300. The van der Waals surface area contributed by atoms with Crippen LogP contribution >= 0.6 is 0 Å². The Hall–Kier alpha value is -3.02. The number of hydrogen-bond acceptors (Lipinski definition) is 4. The van der Waals surface area contributed by atoms with Gasteiger partial charge >= 0.3 is 0 Å². The molecule has 2 N–H and O–H groups in total. The number of hydrogen-bond donors (Lipinski definition) is 2. The summed E-state index contributed by atoms with van der Waals surface area (Å²) in [5.74, 6) is 0.225. The number of carbonyl (C=O) groups excluding carboxylic acids is 2. The van der Waals surface area contributed by atoms with Crippen molar-refractivity contribution in [2.45, 2.75) is 20.8 Å². The van der Waals surface area contributed by atoms with Gasteiger partial charge in [-0.1, -0.05) is 12.1 Å². The summed E-state index contributed by atoms with van der Waals surface area (Å²) in [5, 5.41) is 5.54. The summed E-state index contributed by atoms with van der Waals surface area (Å²) >= 11 is 0. The monoisotopic (exact) mass is 356 g/mol. The molecule has 0 aliphatic carbocycles. The topological polar surface area (TPSA) is 76.7 Å². The number of ether oxygens (including phenoxy) is 2. The molecule has 0 bridgehead atoms. The zero-order chi connectivity index (χ0) is 19.3. The Bertz CT molecular complexity index is 815. The molecule has 0 aromatic heterocycles. The van der Waals surface area contributed by atoms with Gasteiger partial charge in [0, 0.05) is 11.8 Å². The number of nitrogens with one attached hydrogen (secondary N) is 2. The third-order valence-corrected chi connectivity index (χ3v) is 4.07. The zero-order valence-corrected chi connectivity index (χ0v) is 15.7. The number of anilines is 2. The Balaban J connectivity index is 2.15. The van der Waals surface area contributed by atoms with E-state index in [1.54, 1.807) is 45.2 Å². The highest BCUT2D eigenvalue weighted by Gasteiger charge is 2.36. The van der Waals surface area contributed by atoms with E-state index in [0.717, 1.165) is 5.56 Å². The molecule has 2 aromatic carbocycles. The van der Waals surface area contributed by atoms with Crippen LogP contribution in [0.4, 0.5) is 11.4 Å². The fourth-order valence-electron chi connectivity index (χ4n) is 2.29. The van der Waals surface area contributed by atoms with Gasteiger partial charge in [-0.2, -0.15) is 0 Å². The molecule has 0 aliphatic heterocycles. The van der Waals surface area contributed by atoms with Crippen LogP contribution in [0.1, 0.15) is 19.4 Å². The molecule has 0 fully saturated rings. The lowest BCUT2D eigenvalue weighted by Gasteiger charge is -2.23. The van der Waals surface area contributed by atoms with Gasteiger partial charge in [0.25, 0.3) is 0 Å². The smallest absolute Gasteiger partial charge is 0.239 e. The van der Waals surface area contributed by atoms with Crippen molar-refractivity contribution in [2.75, 3.05) is 24.9 Å². The van der Waals surface area contributed by atoms with Crippen molar-refractivity contribution in [3.8, 4) is 11.5 Å². The van der Waals surface area contributed by atoms with Crippen LogP contribution in [0.5, 0.6) is 11.5 Å². The van der Waals surface area contributed by atoms with Crippen LogP contribution in [0.15, 0.2) is 42.5 Å². The molecule has 6 heteroatoms. The maximum atomic E-state index is 12.7. The van der Waals surface area contributed by atoms with E-state index in [9.17, 15) is 9.59 Å². The van der Waals surface area contributed by atoms with Crippen LogP contribution in [0, 0.1) is 12.3 Å². The van der Waals surface area contributed by atoms with Crippen LogP contribution < -0.4 is 20.1 Å². The van der Waals surface area contributed by atoms with E-state index >= 15 is 0 Å². The molecule has 0 spiro atoms. The summed E-state index contributed by atoms with van der Waals surface area (Å²) in [6, 6.07) is 12.4. The van der Waals surface area contributed by atoms with E-state index in [2.05, 4.69) is 10.6 Å². The summed E-state index contributed by atoms with van der Waals surface area (Å²) in [4.78, 5) is 25.3. The average molecular weight is 356 g/mol. The van der Waals surface area contributed by atoms with Gasteiger partial charge in [-0.3, -0.25) is 9.59 Å². The van der Waals surface area contributed by atoms with E-state index in [0.29, 0.717) is 22.9 Å². The largest absolute Gasteiger partial charge is 0.497 e. The first-order valence-electron chi connectivity index (χ1n) is 8.19. The average Bonchev–Trinajstić information content (AvgIpc) is 2.61. The van der Waals surface area contributed by atoms with Crippen LogP contribution in [0.2, 0.25) is 0 Å². The second kappa shape index (κ2) is 7.91. The van der Waals surface area contributed by atoms with Gasteiger partial charge in [0.05, 0.1) is 19.9 Å². The molecule has 0 radical (unpaired) electrons. The molecule has 2 aromatic rings. The minimum absolute atomic E-state index is 0.395. The van der Waals surface area contributed by atoms with Crippen molar-refractivity contribution < 1.29 is 19.1 Å². The number of rotatable bonds is 6. The van der Waals surface area contributed by atoms with Crippen LogP contribution in [-0.2, 0) is 9.59 Å². The molecule has 0 heterocycles.